The molecule has 1 unspecified atom stereocenters. The fourth-order valence-electron chi connectivity index (χ4n) is 0.893. The van der Waals surface area contributed by atoms with Gasteiger partial charge in [0.15, 0.2) is 0 Å². The number of hydrogen-bond acceptors (Lipinski definition) is 1. The number of nitrogens with one attached hydrogen (secondary N) is 1. The molecule has 0 fully saturated rings. The van der Waals surface area contributed by atoms with Gasteiger partial charge in [0.25, 0.3) is 0 Å². The van der Waals surface area contributed by atoms with Gasteiger partial charge in [-0.25, -0.2) is 0 Å². The van der Waals surface area contributed by atoms with Crippen molar-refractivity contribution in [2.45, 2.75) is 20.3 Å². The summed E-state index contributed by atoms with van der Waals surface area (Å²) in [5.74, 6) is 0.432. The molecule has 1 N–H and O–H groups in total. The van der Waals surface area contributed by atoms with Crippen molar-refractivity contribution in [3.8, 4) is 0 Å². The lowest BCUT2D eigenvalue weighted by Crippen LogP contribution is -2.22. The second-order valence-electron chi connectivity index (χ2n) is 2.89. The lowest BCUT2D eigenvalue weighted by atomic mass is 10.0. The van der Waals surface area contributed by atoms with Crippen LogP contribution in [0.15, 0.2) is 24.8 Å². The van der Waals surface area contributed by atoms with Gasteiger partial charge in [0.1, 0.15) is 0 Å². The van der Waals surface area contributed by atoms with E-state index in [-0.39, 0.29) is 0 Å². The van der Waals surface area contributed by atoms with Gasteiger partial charge in [-0.2, -0.15) is 0 Å². The van der Waals surface area contributed by atoms with E-state index in [0.29, 0.717) is 5.92 Å². The Labute approximate surface area is 70.2 Å². The number of rotatable bonds is 6. The van der Waals surface area contributed by atoms with E-state index < -0.39 is 0 Å². The van der Waals surface area contributed by atoms with E-state index in [9.17, 15) is 0 Å². The van der Waals surface area contributed by atoms with Crippen molar-refractivity contribution in [1.29, 1.82) is 0 Å². The minimum Gasteiger partial charge on any atom is -0.316 e. The Hall–Kier alpha value is -0.560. The second kappa shape index (κ2) is 6.17. The molecule has 0 amide bonds. The maximum atomic E-state index is 3.89. The summed E-state index contributed by atoms with van der Waals surface area (Å²) < 4.78 is 0. The molecule has 1 atom stereocenters. The van der Waals surface area contributed by atoms with Crippen LogP contribution in [0.1, 0.15) is 20.3 Å². The zero-order valence-corrected chi connectivity index (χ0v) is 7.69. The molecule has 0 aromatic rings. The highest BCUT2D eigenvalue weighted by molar-refractivity contribution is 5.05. The molecule has 0 radical (unpaired) electrons. The van der Waals surface area contributed by atoms with Crippen molar-refractivity contribution in [1.82, 2.24) is 5.32 Å². The van der Waals surface area contributed by atoms with Crippen molar-refractivity contribution < 1.29 is 0 Å². The van der Waals surface area contributed by atoms with E-state index in [0.717, 1.165) is 13.1 Å². The predicted octanol–water partition coefficient (Wildman–Crippen LogP) is 2.36. The van der Waals surface area contributed by atoms with Gasteiger partial charge in [0, 0.05) is 12.5 Å². The normalized spacial score (nSPS) is 12.5. The zero-order valence-electron chi connectivity index (χ0n) is 7.69. The summed E-state index contributed by atoms with van der Waals surface area (Å²) in [6.07, 6.45) is 3.13. The van der Waals surface area contributed by atoms with E-state index in [2.05, 4.69) is 25.4 Å². The minimum atomic E-state index is 0.432. The van der Waals surface area contributed by atoms with Crippen LogP contribution in [-0.4, -0.2) is 13.1 Å². The predicted molar refractivity (Wildman–Crippen MR) is 51.7 cm³/mol. The summed E-state index contributed by atoms with van der Waals surface area (Å²) in [6, 6.07) is 0. The average molecular weight is 153 g/mol. The van der Waals surface area contributed by atoms with Crippen LogP contribution in [0.3, 0.4) is 0 Å². The molecule has 0 bridgehead atoms. The summed E-state index contributed by atoms with van der Waals surface area (Å²) in [5, 5.41) is 3.34. The maximum absolute atomic E-state index is 3.89. The van der Waals surface area contributed by atoms with Crippen molar-refractivity contribution in [2.75, 3.05) is 13.1 Å². The van der Waals surface area contributed by atoms with Gasteiger partial charge in [0.2, 0.25) is 0 Å². The van der Waals surface area contributed by atoms with E-state index in [1.165, 1.54) is 12.0 Å². The first kappa shape index (κ1) is 10.4. The summed E-state index contributed by atoms with van der Waals surface area (Å²) in [6.45, 7) is 13.9. The topological polar surface area (TPSA) is 12.0 Å². The van der Waals surface area contributed by atoms with Crippen LogP contribution in [0.5, 0.6) is 0 Å². The molecule has 11 heavy (non-hydrogen) atoms. The first-order chi connectivity index (χ1) is 5.22. The first-order valence-electron chi connectivity index (χ1n) is 4.21. The molecule has 0 aliphatic heterocycles. The third-order valence-corrected chi connectivity index (χ3v) is 1.71. The van der Waals surface area contributed by atoms with Crippen LogP contribution in [0.4, 0.5) is 0 Å². The molecule has 0 heterocycles. The van der Waals surface area contributed by atoms with Gasteiger partial charge in [-0.15, -0.1) is 6.58 Å². The van der Waals surface area contributed by atoms with Crippen molar-refractivity contribution in [3.63, 3.8) is 0 Å². The van der Waals surface area contributed by atoms with Crippen LogP contribution < -0.4 is 5.32 Å². The van der Waals surface area contributed by atoms with Gasteiger partial charge in [-0.3, -0.25) is 0 Å². The molecule has 0 saturated heterocycles. The molecule has 64 valence electrons. The molecular formula is C10H19N. The highest BCUT2D eigenvalue weighted by Crippen LogP contribution is 2.06. The Kier molecular flexibility index (Phi) is 5.86. The third-order valence-electron chi connectivity index (χ3n) is 1.71. The molecule has 0 aliphatic rings. The van der Waals surface area contributed by atoms with E-state index in [1.807, 2.05) is 13.0 Å². The summed E-state index contributed by atoms with van der Waals surface area (Å²) in [4.78, 5) is 0. The van der Waals surface area contributed by atoms with E-state index in [1.54, 1.807) is 0 Å². The summed E-state index contributed by atoms with van der Waals surface area (Å²) in [5.41, 5.74) is 1.18. The van der Waals surface area contributed by atoms with Gasteiger partial charge in [-0.1, -0.05) is 25.2 Å². The molecule has 1 heteroatoms. The van der Waals surface area contributed by atoms with Gasteiger partial charge < -0.3 is 5.32 Å². The quantitative estimate of drug-likeness (QED) is 0.456. The van der Waals surface area contributed by atoms with Crippen LogP contribution in [0, 0.1) is 5.92 Å². The monoisotopic (exact) mass is 153 g/mol. The molecule has 0 rings (SSSR count). The van der Waals surface area contributed by atoms with E-state index in [4.69, 9.17) is 0 Å². The van der Waals surface area contributed by atoms with Crippen molar-refractivity contribution in [3.05, 3.63) is 24.8 Å². The van der Waals surface area contributed by atoms with Crippen LogP contribution >= 0.6 is 0 Å². The minimum absolute atomic E-state index is 0.432. The standard InChI is InChI=1S/C10H19N/c1-5-7-11-8-10(6-2)9(3)4/h6,10-11H,2-3,5,7-8H2,1,4H3. The zero-order chi connectivity index (χ0) is 8.69. The van der Waals surface area contributed by atoms with Crippen LogP contribution in [0.2, 0.25) is 0 Å². The average Bonchev–Trinajstić information content (AvgIpc) is 1.97. The van der Waals surface area contributed by atoms with Crippen LogP contribution in [0.25, 0.3) is 0 Å². The maximum Gasteiger partial charge on any atom is 0.00938 e. The Morgan fingerprint density at radius 2 is 2.27 bits per heavy atom. The third kappa shape index (κ3) is 4.79. The Balaban J connectivity index is 3.52. The molecule has 0 aromatic heterocycles. The highest BCUT2D eigenvalue weighted by Gasteiger charge is 2.01. The largest absolute Gasteiger partial charge is 0.316 e. The Morgan fingerprint density at radius 1 is 1.64 bits per heavy atom. The first-order valence-corrected chi connectivity index (χ1v) is 4.21. The van der Waals surface area contributed by atoms with Gasteiger partial charge >= 0.3 is 0 Å². The van der Waals surface area contributed by atoms with Gasteiger partial charge in [-0.05, 0) is 19.9 Å². The summed E-state index contributed by atoms with van der Waals surface area (Å²) >= 11 is 0. The molecule has 0 saturated carbocycles. The summed E-state index contributed by atoms with van der Waals surface area (Å²) in [7, 11) is 0. The Morgan fingerprint density at radius 3 is 2.64 bits per heavy atom. The highest BCUT2D eigenvalue weighted by atomic mass is 14.8. The molecule has 0 spiro atoms. The Bertz CT molecular complexity index is 127. The smallest absolute Gasteiger partial charge is 0.00938 e. The SMILES string of the molecule is C=CC(CNCCC)C(=C)C. The number of hydrogen-bond donors (Lipinski definition) is 1. The lowest BCUT2D eigenvalue weighted by molar-refractivity contribution is 0.606. The molecule has 0 aromatic carbocycles. The van der Waals surface area contributed by atoms with Crippen molar-refractivity contribution in [2.24, 2.45) is 5.92 Å². The fraction of sp³-hybridized carbons (Fsp3) is 0.600. The fourth-order valence-corrected chi connectivity index (χ4v) is 0.893. The molecular weight excluding hydrogens is 134 g/mol. The van der Waals surface area contributed by atoms with Gasteiger partial charge in [0.05, 0.1) is 0 Å². The van der Waals surface area contributed by atoms with Crippen molar-refractivity contribution >= 4 is 0 Å². The van der Waals surface area contributed by atoms with Crippen LogP contribution in [-0.2, 0) is 0 Å². The molecule has 1 nitrogen and oxygen atoms in total. The lowest BCUT2D eigenvalue weighted by Gasteiger charge is -2.12. The molecule has 0 aliphatic carbocycles. The van der Waals surface area contributed by atoms with E-state index >= 15 is 0 Å². The second-order valence-corrected chi connectivity index (χ2v) is 2.89.